The van der Waals surface area contributed by atoms with Crippen LogP contribution in [-0.2, 0) is 24.4 Å². The van der Waals surface area contributed by atoms with Crippen molar-refractivity contribution in [3.63, 3.8) is 0 Å². The number of aliphatic hydroxyl groups excluding tert-OH is 1. The van der Waals surface area contributed by atoms with Gasteiger partial charge >= 0.3 is 0 Å². The Hall–Kier alpha value is -2.33. The van der Waals surface area contributed by atoms with E-state index in [1.54, 1.807) is 7.11 Å². The first-order chi connectivity index (χ1) is 10.2. The summed E-state index contributed by atoms with van der Waals surface area (Å²) in [4.78, 5) is 12.0. The third-order valence-electron chi connectivity index (χ3n) is 3.24. The molecule has 0 saturated carbocycles. The second-order valence-electron chi connectivity index (χ2n) is 4.74. The van der Waals surface area contributed by atoms with Gasteiger partial charge in [0.25, 0.3) is 0 Å². The van der Waals surface area contributed by atoms with E-state index in [1.807, 2.05) is 48.5 Å². The fraction of sp³-hybridized carbons (Fsp3) is 0.235. The molecule has 0 bridgehead atoms. The zero-order chi connectivity index (χ0) is 15.1. The van der Waals surface area contributed by atoms with Crippen molar-refractivity contribution >= 4 is 5.91 Å². The first-order valence-electron chi connectivity index (χ1n) is 6.80. The molecule has 0 aliphatic rings. The van der Waals surface area contributed by atoms with Crippen LogP contribution in [0.1, 0.15) is 16.7 Å². The quantitative estimate of drug-likeness (QED) is 0.854. The van der Waals surface area contributed by atoms with Crippen molar-refractivity contribution in [3.8, 4) is 5.75 Å². The van der Waals surface area contributed by atoms with E-state index in [0.717, 1.165) is 22.4 Å². The molecule has 0 aromatic heterocycles. The molecule has 0 aliphatic heterocycles. The molecule has 0 saturated heterocycles. The smallest absolute Gasteiger partial charge is 0.224 e. The van der Waals surface area contributed by atoms with Gasteiger partial charge in [0.1, 0.15) is 5.75 Å². The highest BCUT2D eigenvalue weighted by Crippen LogP contribution is 2.17. The second-order valence-corrected chi connectivity index (χ2v) is 4.74. The van der Waals surface area contributed by atoms with Gasteiger partial charge in [0.2, 0.25) is 5.91 Å². The van der Waals surface area contributed by atoms with Crippen LogP contribution in [0.3, 0.4) is 0 Å². The summed E-state index contributed by atoms with van der Waals surface area (Å²) in [5.74, 6) is 0.672. The standard InChI is InChI=1S/C17H19NO3/c1-21-16-5-3-2-4-15(16)10-17(20)18-11-13-6-8-14(12-19)9-7-13/h2-9,19H,10-12H2,1H3,(H,18,20). The molecule has 0 unspecified atom stereocenters. The Kier molecular flexibility index (Phi) is 5.35. The molecule has 1 amide bonds. The molecule has 0 spiro atoms. The maximum absolute atomic E-state index is 12.0. The van der Waals surface area contributed by atoms with Gasteiger partial charge in [0.05, 0.1) is 20.1 Å². The first kappa shape index (κ1) is 15.1. The highest BCUT2D eigenvalue weighted by atomic mass is 16.5. The maximum Gasteiger partial charge on any atom is 0.224 e. The van der Waals surface area contributed by atoms with Gasteiger partial charge in [-0.15, -0.1) is 0 Å². The van der Waals surface area contributed by atoms with Gasteiger partial charge in [0.15, 0.2) is 0 Å². The Morgan fingerprint density at radius 3 is 2.43 bits per heavy atom. The summed E-state index contributed by atoms with van der Waals surface area (Å²) in [5, 5.41) is 11.9. The Morgan fingerprint density at radius 1 is 1.10 bits per heavy atom. The van der Waals surface area contributed by atoms with Crippen molar-refractivity contribution in [2.24, 2.45) is 0 Å². The lowest BCUT2D eigenvalue weighted by atomic mass is 10.1. The van der Waals surface area contributed by atoms with Crippen molar-refractivity contribution in [2.75, 3.05) is 7.11 Å². The van der Waals surface area contributed by atoms with E-state index in [2.05, 4.69) is 5.32 Å². The number of aliphatic hydroxyl groups is 1. The minimum Gasteiger partial charge on any atom is -0.496 e. The summed E-state index contributed by atoms with van der Waals surface area (Å²) in [5.41, 5.74) is 2.73. The lowest BCUT2D eigenvalue weighted by Gasteiger charge is -2.09. The number of carbonyl (C=O) groups is 1. The molecule has 0 aliphatic carbocycles. The van der Waals surface area contributed by atoms with Gasteiger partial charge in [-0.2, -0.15) is 0 Å². The van der Waals surface area contributed by atoms with Gasteiger partial charge < -0.3 is 15.2 Å². The number of amides is 1. The monoisotopic (exact) mass is 285 g/mol. The van der Waals surface area contributed by atoms with E-state index < -0.39 is 0 Å². The third-order valence-corrected chi connectivity index (χ3v) is 3.24. The lowest BCUT2D eigenvalue weighted by Crippen LogP contribution is -2.24. The van der Waals surface area contributed by atoms with E-state index >= 15 is 0 Å². The third kappa shape index (κ3) is 4.33. The van der Waals surface area contributed by atoms with Crippen LogP contribution in [0, 0.1) is 0 Å². The van der Waals surface area contributed by atoms with Gasteiger partial charge in [-0.1, -0.05) is 42.5 Å². The molecule has 0 atom stereocenters. The summed E-state index contributed by atoms with van der Waals surface area (Å²) in [6.07, 6.45) is 0.290. The Morgan fingerprint density at radius 2 is 1.76 bits per heavy atom. The van der Waals surface area contributed by atoms with Gasteiger partial charge in [-0.25, -0.2) is 0 Å². The van der Waals surface area contributed by atoms with Crippen LogP contribution >= 0.6 is 0 Å². The molecule has 0 fully saturated rings. The van der Waals surface area contributed by atoms with Gasteiger partial charge in [-0.3, -0.25) is 4.79 Å². The van der Waals surface area contributed by atoms with Crippen LogP contribution in [0.5, 0.6) is 5.75 Å². The molecule has 0 heterocycles. The molecular formula is C17H19NO3. The number of hydrogen-bond acceptors (Lipinski definition) is 3. The number of para-hydroxylation sites is 1. The number of benzene rings is 2. The number of nitrogens with one attached hydrogen (secondary N) is 1. The number of ether oxygens (including phenoxy) is 1. The summed E-state index contributed by atoms with van der Waals surface area (Å²) in [6.45, 7) is 0.500. The van der Waals surface area contributed by atoms with Crippen LogP contribution in [0.4, 0.5) is 0 Å². The maximum atomic E-state index is 12.0. The molecule has 0 radical (unpaired) electrons. The fourth-order valence-electron chi connectivity index (χ4n) is 2.05. The highest BCUT2D eigenvalue weighted by molar-refractivity contribution is 5.79. The normalized spacial score (nSPS) is 10.2. The lowest BCUT2D eigenvalue weighted by molar-refractivity contribution is -0.120. The Labute approximate surface area is 124 Å². The Bertz CT molecular complexity index is 593. The van der Waals surface area contributed by atoms with Crippen molar-refractivity contribution in [1.82, 2.24) is 5.32 Å². The number of carbonyl (C=O) groups excluding carboxylic acids is 1. The zero-order valence-corrected chi connectivity index (χ0v) is 12.0. The van der Waals surface area contributed by atoms with E-state index in [1.165, 1.54) is 0 Å². The van der Waals surface area contributed by atoms with Crippen molar-refractivity contribution in [3.05, 3.63) is 65.2 Å². The van der Waals surface area contributed by atoms with Gasteiger partial charge in [-0.05, 0) is 17.2 Å². The molecule has 110 valence electrons. The first-order valence-corrected chi connectivity index (χ1v) is 6.80. The Balaban J connectivity index is 1.89. The summed E-state index contributed by atoms with van der Waals surface area (Å²) < 4.78 is 5.23. The number of methoxy groups -OCH3 is 1. The minimum absolute atomic E-state index is 0.0282. The summed E-state index contributed by atoms with van der Waals surface area (Å²) >= 11 is 0. The van der Waals surface area contributed by atoms with Crippen molar-refractivity contribution in [2.45, 2.75) is 19.6 Å². The minimum atomic E-state index is -0.0502. The second kappa shape index (κ2) is 7.45. The van der Waals surface area contributed by atoms with E-state index in [-0.39, 0.29) is 12.5 Å². The summed E-state index contributed by atoms with van der Waals surface area (Å²) in [6, 6.07) is 15.0. The molecule has 2 aromatic rings. The average molecular weight is 285 g/mol. The van der Waals surface area contributed by atoms with Crippen LogP contribution in [0.15, 0.2) is 48.5 Å². The van der Waals surface area contributed by atoms with Crippen molar-refractivity contribution < 1.29 is 14.6 Å². The average Bonchev–Trinajstić information content (AvgIpc) is 2.54. The molecule has 21 heavy (non-hydrogen) atoms. The van der Waals surface area contributed by atoms with Crippen LogP contribution in [-0.4, -0.2) is 18.1 Å². The molecular weight excluding hydrogens is 266 g/mol. The van der Waals surface area contributed by atoms with Crippen LogP contribution < -0.4 is 10.1 Å². The van der Waals surface area contributed by atoms with E-state index in [0.29, 0.717) is 13.0 Å². The van der Waals surface area contributed by atoms with Crippen molar-refractivity contribution in [1.29, 1.82) is 0 Å². The van der Waals surface area contributed by atoms with Crippen LogP contribution in [0.25, 0.3) is 0 Å². The number of rotatable bonds is 6. The largest absolute Gasteiger partial charge is 0.496 e. The highest BCUT2D eigenvalue weighted by Gasteiger charge is 2.07. The predicted molar refractivity (Wildman–Crippen MR) is 80.9 cm³/mol. The summed E-state index contributed by atoms with van der Waals surface area (Å²) in [7, 11) is 1.60. The van der Waals surface area contributed by atoms with E-state index in [9.17, 15) is 4.79 Å². The predicted octanol–water partition coefficient (Wildman–Crippen LogP) is 2.05. The zero-order valence-electron chi connectivity index (χ0n) is 12.0. The molecule has 4 heteroatoms. The van der Waals surface area contributed by atoms with E-state index in [4.69, 9.17) is 9.84 Å². The van der Waals surface area contributed by atoms with Gasteiger partial charge in [0, 0.05) is 12.1 Å². The number of hydrogen-bond donors (Lipinski definition) is 2. The molecule has 2 rings (SSSR count). The topological polar surface area (TPSA) is 58.6 Å². The SMILES string of the molecule is COc1ccccc1CC(=O)NCc1ccc(CO)cc1. The fourth-order valence-corrected chi connectivity index (χ4v) is 2.05. The molecule has 2 N–H and O–H groups in total. The molecule has 2 aromatic carbocycles. The van der Waals surface area contributed by atoms with Crippen LogP contribution in [0.2, 0.25) is 0 Å². The molecule has 4 nitrogen and oxygen atoms in total.